The first-order valence-corrected chi connectivity index (χ1v) is 4.06. The van der Waals surface area contributed by atoms with E-state index >= 15 is 0 Å². The number of ether oxygens (including phenoxy) is 1. The molecule has 0 aromatic heterocycles. The lowest BCUT2D eigenvalue weighted by molar-refractivity contribution is -0.769. The van der Waals surface area contributed by atoms with Crippen LogP contribution < -0.4 is 0 Å². The number of hydrogen-bond donors (Lipinski definition) is 0. The van der Waals surface area contributed by atoms with Gasteiger partial charge >= 0.3 is 0 Å². The van der Waals surface area contributed by atoms with E-state index in [9.17, 15) is 10.1 Å². The molecular weight excluding hydrogens is 162 g/mol. The molecule has 0 radical (unpaired) electrons. The topological polar surface area (TPSA) is 61.6 Å². The van der Waals surface area contributed by atoms with Gasteiger partial charge in [0.25, 0.3) is 5.09 Å². The molecule has 5 heteroatoms. The fourth-order valence-electron chi connectivity index (χ4n) is 1.50. The molecule has 0 bridgehead atoms. The average molecular weight is 175 g/mol. The molecule has 1 fully saturated rings. The van der Waals surface area contributed by atoms with Crippen LogP contribution in [0.5, 0.6) is 0 Å². The minimum Gasteiger partial charge on any atom is -0.381 e. The highest BCUT2D eigenvalue weighted by Gasteiger charge is 2.22. The van der Waals surface area contributed by atoms with Gasteiger partial charge in [0, 0.05) is 7.11 Å². The van der Waals surface area contributed by atoms with Gasteiger partial charge in [-0.15, -0.1) is 10.1 Å². The number of methoxy groups -OCH3 is 1. The van der Waals surface area contributed by atoms with Gasteiger partial charge in [0.15, 0.2) is 0 Å². The van der Waals surface area contributed by atoms with E-state index in [0.717, 1.165) is 25.7 Å². The van der Waals surface area contributed by atoms with Crippen molar-refractivity contribution in [2.24, 2.45) is 0 Å². The Hall–Kier alpha value is -0.840. The van der Waals surface area contributed by atoms with Crippen molar-refractivity contribution in [2.45, 2.75) is 37.9 Å². The van der Waals surface area contributed by atoms with Gasteiger partial charge in [-0.05, 0) is 25.7 Å². The van der Waals surface area contributed by atoms with Crippen LogP contribution in [0.3, 0.4) is 0 Å². The van der Waals surface area contributed by atoms with E-state index in [1.54, 1.807) is 7.11 Å². The van der Waals surface area contributed by atoms with Crippen LogP contribution in [0, 0.1) is 10.1 Å². The zero-order valence-electron chi connectivity index (χ0n) is 7.06. The molecule has 70 valence electrons. The Kier molecular flexibility index (Phi) is 3.28. The molecule has 0 saturated heterocycles. The van der Waals surface area contributed by atoms with E-state index < -0.39 is 5.09 Å². The van der Waals surface area contributed by atoms with Crippen LogP contribution in [-0.4, -0.2) is 24.4 Å². The molecule has 0 aromatic rings. The molecule has 5 nitrogen and oxygen atoms in total. The molecule has 0 aromatic carbocycles. The van der Waals surface area contributed by atoms with Crippen LogP contribution in [-0.2, 0) is 9.57 Å². The molecule has 0 aliphatic heterocycles. The van der Waals surface area contributed by atoms with Crippen molar-refractivity contribution in [2.75, 3.05) is 7.11 Å². The zero-order valence-corrected chi connectivity index (χ0v) is 7.06. The molecule has 1 aliphatic rings. The van der Waals surface area contributed by atoms with Gasteiger partial charge in [-0.2, -0.15) is 0 Å². The molecule has 1 rings (SSSR count). The zero-order chi connectivity index (χ0) is 8.97. The van der Waals surface area contributed by atoms with Gasteiger partial charge in [-0.1, -0.05) is 0 Å². The van der Waals surface area contributed by atoms with Crippen molar-refractivity contribution in [3.8, 4) is 0 Å². The van der Waals surface area contributed by atoms with Crippen molar-refractivity contribution >= 4 is 0 Å². The molecule has 0 amide bonds. The quantitative estimate of drug-likeness (QED) is 0.477. The Morgan fingerprint density at radius 2 is 1.75 bits per heavy atom. The van der Waals surface area contributed by atoms with E-state index in [4.69, 9.17) is 4.74 Å². The second-order valence-corrected chi connectivity index (χ2v) is 2.96. The highest BCUT2D eigenvalue weighted by Crippen LogP contribution is 2.22. The fraction of sp³-hybridized carbons (Fsp3) is 1.00. The van der Waals surface area contributed by atoms with Crippen LogP contribution in [0.15, 0.2) is 0 Å². The molecule has 0 N–H and O–H groups in total. The predicted molar refractivity (Wildman–Crippen MR) is 41.1 cm³/mol. The molecule has 1 aliphatic carbocycles. The molecule has 0 spiro atoms. The SMILES string of the molecule is COC1CCC(O[N+](=O)[O-])CC1. The molecule has 0 atom stereocenters. The van der Waals surface area contributed by atoms with Crippen LogP contribution in [0.1, 0.15) is 25.7 Å². The van der Waals surface area contributed by atoms with E-state index in [1.807, 2.05) is 0 Å². The molecular formula is C7H13NO4. The summed E-state index contributed by atoms with van der Waals surface area (Å²) in [4.78, 5) is 14.4. The monoisotopic (exact) mass is 175 g/mol. The van der Waals surface area contributed by atoms with Crippen molar-refractivity contribution < 1.29 is 14.7 Å². The minimum absolute atomic E-state index is 0.216. The number of hydrogen-bond acceptors (Lipinski definition) is 4. The van der Waals surface area contributed by atoms with E-state index in [-0.39, 0.29) is 12.2 Å². The normalized spacial score (nSPS) is 29.8. The lowest BCUT2D eigenvalue weighted by Gasteiger charge is -2.25. The third-order valence-electron chi connectivity index (χ3n) is 2.19. The van der Waals surface area contributed by atoms with Crippen LogP contribution >= 0.6 is 0 Å². The molecule has 1 saturated carbocycles. The summed E-state index contributed by atoms with van der Waals surface area (Å²) < 4.78 is 5.12. The maximum atomic E-state index is 9.97. The maximum Gasteiger partial charge on any atom is 0.294 e. The third kappa shape index (κ3) is 2.65. The van der Waals surface area contributed by atoms with Crippen molar-refractivity contribution in [3.63, 3.8) is 0 Å². The Bertz CT molecular complexity index is 153. The number of rotatable bonds is 3. The molecule has 0 heterocycles. The number of nitrogens with zero attached hydrogens (tertiary/aromatic N) is 1. The lowest BCUT2D eigenvalue weighted by Crippen LogP contribution is -2.27. The first-order chi connectivity index (χ1) is 5.72. The van der Waals surface area contributed by atoms with Gasteiger partial charge in [0.1, 0.15) is 6.10 Å². The summed E-state index contributed by atoms with van der Waals surface area (Å²) in [6, 6.07) is 0. The smallest absolute Gasteiger partial charge is 0.294 e. The summed E-state index contributed by atoms with van der Waals surface area (Å²) in [6.45, 7) is 0. The maximum absolute atomic E-state index is 9.97. The Morgan fingerprint density at radius 1 is 1.25 bits per heavy atom. The van der Waals surface area contributed by atoms with Crippen LogP contribution in [0.25, 0.3) is 0 Å². The summed E-state index contributed by atoms with van der Waals surface area (Å²) in [6.07, 6.45) is 3.20. The minimum atomic E-state index is -0.711. The largest absolute Gasteiger partial charge is 0.381 e. The van der Waals surface area contributed by atoms with Crippen molar-refractivity contribution in [1.29, 1.82) is 0 Å². The Balaban J connectivity index is 2.21. The van der Waals surface area contributed by atoms with E-state index in [0.29, 0.717) is 0 Å². The van der Waals surface area contributed by atoms with Crippen molar-refractivity contribution in [3.05, 3.63) is 10.1 Å². The summed E-state index contributed by atoms with van der Waals surface area (Å²) in [5.74, 6) is 0. The van der Waals surface area contributed by atoms with Gasteiger partial charge in [0.2, 0.25) is 0 Å². The molecule has 12 heavy (non-hydrogen) atoms. The Labute approximate surface area is 70.8 Å². The standard InChI is InChI=1S/C7H13NO4/c1-11-6-2-4-7(5-3-6)12-8(9)10/h6-7H,2-5H2,1H3. The summed E-state index contributed by atoms with van der Waals surface area (Å²) >= 11 is 0. The summed E-state index contributed by atoms with van der Waals surface area (Å²) in [7, 11) is 1.67. The van der Waals surface area contributed by atoms with Gasteiger partial charge in [0.05, 0.1) is 6.10 Å². The third-order valence-corrected chi connectivity index (χ3v) is 2.19. The summed E-state index contributed by atoms with van der Waals surface area (Å²) in [5, 5.41) is 9.26. The predicted octanol–water partition coefficient (Wildman–Crippen LogP) is 1.15. The van der Waals surface area contributed by atoms with Crippen molar-refractivity contribution in [1.82, 2.24) is 0 Å². The Morgan fingerprint density at radius 3 is 2.17 bits per heavy atom. The van der Waals surface area contributed by atoms with Crippen LogP contribution in [0.4, 0.5) is 0 Å². The lowest BCUT2D eigenvalue weighted by atomic mass is 9.95. The van der Waals surface area contributed by atoms with E-state index in [2.05, 4.69) is 4.84 Å². The second-order valence-electron chi connectivity index (χ2n) is 2.96. The van der Waals surface area contributed by atoms with Gasteiger partial charge in [-0.3, -0.25) is 0 Å². The molecule has 0 unspecified atom stereocenters. The highest BCUT2D eigenvalue weighted by molar-refractivity contribution is 4.71. The van der Waals surface area contributed by atoms with Gasteiger partial charge < -0.3 is 9.57 Å². The fourth-order valence-corrected chi connectivity index (χ4v) is 1.50. The average Bonchev–Trinajstić information content (AvgIpc) is 2.05. The second kappa shape index (κ2) is 4.25. The van der Waals surface area contributed by atoms with Gasteiger partial charge in [-0.25, -0.2) is 0 Å². The van der Waals surface area contributed by atoms with E-state index in [1.165, 1.54) is 0 Å². The first kappa shape index (κ1) is 9.25. The summed E-state index contributed by atoms with van der Waals surface area (Å²) in [5.41, 5.74) is 0. The first-order valence-electron chi connectivity index (χ1n) is 4.06. The van der Waals surface area contributed by atoms with Crippen LogP contribution in [0.2, 0.25) is 0 Å². The highest BCUT2D eigenvalue weighted by atomic mass is 17.0.